The molecule has 0 aliphatic rings. The Kier molecular flexibility index (Phi) is 8.60. The van der Waals surface area contributed by atoms with Gasteiger partial charge >= 0.3 is 5.97 Å². The maximum absolute atomic E-state index is 12.8. The van der Waals surface area contributed by atoms with Crippen LogP contribution in [0.15, 0.2) is 28.6 Å². The normalized spacial score (nSPS) is 11.1. The number of benzene rings is 1. The number of nitrogens with one attached hydrogen (secondary N) is 1. The Morgan fingerprint density at radius 3 is 2.60 bits per heavy atom. The van der Waals surface area contributed by atoms with E-state index in [1.54, 1.807) is 35.1 Å². The number of aromatic nitrogens is 1. The minimum absolute atomic E-state index is 0.136. The highest BCUT2D eigenvalue weighted by Crippen LogP contribution is 2.25. The summed E-state index contributed by atoms with van der Waals surface area (Å²) in [4.78, 5) is 40.7. The first-order chi connectivity index (χ1) is 14.4. The number of hydrogen-bond donors (Lipinski definition) is 1. The number of esters is 1. The Bertz CT molecular complexity index is 979. The molecule has 0 fully saturated rings. The first-order valence-electron chi connectivity index (χ1n) is 9.32. The zero-order chi connectivity index (χ0) is 22.1. The van der Waals surface area contributed by atoms with E-state index in [1.165, 1.54) is 21.1 Å². The summed E-state index contributed by atoms with van der Waals surface area (Å²) >= 11 is 1.16. The van der Waals surface area contributed by atoms with Crippen molar-refractivity contribution in [1.29, 1.82) is 0 Å². The summed E-state index contributed by atoms with van der Waals surface area (Å²) in [5.74, 6) is -0.256. The van der Waals surface area contributed by atoms with Crippen LogP contribution < -0.4 is 19.6 Å². The number of amides is 2. The lowest BCUT2D eigenvalue weighted by atomic mass is 10.2. The van der Waals surface area contributed by atoms with Crippen LogP contribution in [-0.2, 0) is 16.1 Å². The maximum atomic E-state index is 12.8. The minimum atomic E-state index is -0.512. The van der Waals surface area contributed by atoms with Gasteiger partial charge in [-0.3, -0.25) is 9.59 Å². The Labute approximate surface area is 178 Å². The molecule has 0 bridgehead atoms. The van der Waals surface area contributed by atoms with Crippen LogP contribution in [0.4, 0.5) is 0 Å². The van der Waals surface area contributed by atoms with Crippen molar-refractivity contribution in [2.45, 2.75) is 26.8 Å². The average Bonchev–Trinajstić information content (AvgIpc) is 3.13. The summed E-state index contributed by atoms with van der Waals surface area (Å²) in [5.41, 5.74) is 0.576. The molecule has 2 amide bonds. The van der Waals surface area contributed by atoms with Crippen molar-refractivity contribution in [3.05, 3.63) is 39.6 Å². The van der Waals surface area contributed by atoms with E-state index in [1.807, 2.05) is 0 Å². The largest absolute Gasteiger partial charge is 0.497 e. The molecule has 0 atom stereocenters. The summed E-state index contributed by atoms with van der Waals surface area (Å²) in [6, 6.07) is 4.82. The first kappa shape index (κ1) is 23.1. The number of nitrogens with zero attached hydrogens (tertiary/aromatic N) is 2. The zero-order valence-electron chi connectivity index (χ0n) is 17.4. The van der Waals surface area contributed by atoms with Crippen molar-refractivity contribution in [3.63, 3.8) is 0 Å². The highest BCUT2D eigenvalue weighted by molar-refractivity contribution is 7.07. The molecule has 30 heavy (non-hydrogen) atoms. The van der Waals surface area contributed by atoms with E-state index < -0.39 is 11.9 Å². The van der Waals surface area contributed by atoms with Gasteiger partial charge in [0.15, 0.2) is 4.80 Å². The van der Waals surface area contributed by atoms with E-state index in [9.17, 15) is 14.4 Å². The van der Waals surface area contributed by atoms with Gasteiger partial charge in [-0.05, 0) is 25.5 Å². The molecule has 0 saturated heterocycles. The van der Waals surface area contributed by atoms with Crippen LogP contribution >= 0.6 is 11.3 Å². The minimum Gasteiger partial charge on any atom is -0.497 e. The molecule has 0 unspecified atom stereocenters. The lowest BCUT2D eigenvalue weighted by Crippen LogP contribution is -2.26. The molecule has 9 nitrogen and oxygen atoms in total. The summed E-state index contributed by atoms with van der Waals surface area (Å²) in [6.45, 7) is 4.19. The Morgan fingerprint density at radius 1 is 1.20 bits per heavy atom. The average molecular weight is 436 g/mol. The van der Waals surface area contributed by atoms with Gasteiger partial charge in [0.25, 0.3) is 5.91 Å². The fraction of sp³-hybridized carbons (Fsp3) is 0.400. The molecule has 1 aromatic heterocycles. The molecule has 162 valence electrons. The highest BCUT2D eigenvalue weighted by atomic mass is 32.1. The van der Waals surface area contributed by atoms with E-state index in [0.29, 0.717) is 41.5 Å². The third-order valence-electron chi connectivity index (χ3n) is 4.05. The van der Waals surface area contributed by atoms with Crippen LogP contribution in [0.1, 0.15) is 41.1 Å². The number of carbonyl (C=O) groups excluding carboxylic acids is 3. The number of hydrogen-bond acceptors (Lipinski definition) is 7. The summed E-state index contributed by atoms with van der Waals surface area (Å²) < 4.78 is 17.1. The number of methoxy groups -OCH3 is 2. The SMILES string of the molecule is CCOC(=O)c1csc(=NC(=O)c2ccc(OC)cc2OC)n1CCCNC(C)=O. The van der Waals surface area contributed by atoms with Crippen molar-refractivity contribution in [2.75, 3.05) is 27.4 Å². The predicted molar refractivity (Wildman–Crippen MR) is 111 cm³/mol. The molecule has 2 rings (SSSR count). The maximum Gasteiger partial charge on any atom is 0.355 e. The molecule has 0 aliphatic heterocycles. The number of ether oxygens (including phenoxy) is 3. The lowest BCUT2D eigenvalue weighted by molar-refractivity contribution is -0.118. The Balaban J connectivity index is 2.39. The fourth-order valence-corrected chi connectivity index (χ4v) is 3.52. The van der Waals surface area contributed by atoms with Crippen LogP contribution in [0.5, 0.6) is 11.5 Å². The van der Waals surface area contributed by atoms with Gasteiger partial charge in [0, 0.05) is 31.5 Å². The van der Waals surface area contributed by atoms with Gasteiger partial charge in [0.05, 0.1) is 26.4 Å². The number of carbonyl (C=O) groups is 3. The van der Waals surface area contributed by atoms with Gasteiger partial charge in [-0.2, -0.15) is 4.99 Å². The molecular formula is C20H25N3O6S. The van der Waals surface area contributed by atoms with Crippen molar-refractivity contribution < 1.29 is 28.6 Å². The van der Waals surface area contributed by atoms with Gasteiger partial charge in [-0.25, -0.2) is 4.79 Å². The number of thiazole rings is 1. The van der Waals surface area contributed by atoms with Crippen LogP contribution in [0, 0.1) is 0 Å². The Hall–Kier alpha value is -3.14. The van der Waals surface area contributed by atoms with Crippen LogP contribution in [-0.4, -0.2) is 49.7 Å². The molecule has 0 radical (unpaired) electrons. The van der Waals surface area contributed by atoms with Crippen molar-refractivity contribution in [1.82, 2.24) is 9.88 Å². The second kappa shape index (κ2) is 11.1. The van der Waals surface area contributed by atoms with E-state index in [2.05, 4.69) is 10.3 Å². The molecule has 1 N–H and O–H groups in total. The number of rotatable bonds is 9. The molecule has 0 spiro atoms. The predicted octanol–water partition coefficient (Wildman–Crippen LogP) is 2.01. The summed E-state index contributed by atoms with van der Waals surface area (Å²) in [7, 11) is 2.98. The third kappa shape index (κ3) is 5.93. The molecular weight excluding hydrogens is 410 g/mol. The van der Waals surface area contributed by atoms with Crippen LogP contribution in [0.2, 0.25) is 0 Å². The Morgan fingerprint density at radius 2 is 1.97 bits per heavy atom. The van der Waals surface area contributed by atoms with Crippen molar-refractivity contribution in [2.24, 2.45) is 4.99 Å². The monoisotopic (exact) mass is 435 g/mol. The summed E-state index contributed by atoms with van der Waals surface area (Å²) in [5, 5.41) is 4.31. The summed E-state index contributed by atoms with van der Waals surface area (Å²) in [6.07, 6.45) is 0.552. The van der Waals surface area contributed by atoms with Crippen LogP contribution in [0.3, 0.4) is 0 Å². The van der Waals surface area contributed by atoms with Crippen LogP contribution in [0.25, 0.3) is 0 Å². The van der Waals surface area contributed by atoms with Crippen molar-refractivity contribution in [3.8, 4) is 11.5 Å². The fourth-order valence-electron chi connectivity index (χ4n) is 2.63. The van der Waals surface area contributed by atoms with Gasteiger partial charge in [-0.15, -0.1) is 11.3 Å². The molecule has 10 heteroatoms. The smallest absolute Gasteiger partial charge is 0.355 e. The van der Waals surface area contributed by atoms with E-state index in [0.717, 1.165) is 11.3 Å². The zero-order valence-corrected chi connectivity index (χ0v) is 18.2. The first-order valence-corrected chi connectivity index (χ1v) is 10.2. The van der Waals surface area contributed by atoms with Crippen molar-refractivity contribution >= 4 is 29.1 Å². The molecule has 2 aromatic rings. The third-order valence-corrected chi connectivity index (χ3v) is 4.91. The second-order valence-electron chi connectivity index (χ2n) is 6.10. The van der Waals surface area contributed by atoms with E-state index >= 15 is 0 Å². The highest BCUT2D eigenvalue weighted by Gasteiger charge is 2.17. The van der Waals surface area contributed by atoms with Gasteiger partial charge < -0.3 is 24.1 Å². The quantitative estimate of drug-likeness (QED) is 0.477. The van der Waals surface area contributed by atoms with Gasteiger partial charge in [-0.1, -0.05) is 0 Å². The lowest BCUT2D eigenvalue weighted by Gasteiger charge is -2.09. The van der Waals surface area contributed by atoms with Gasteiger partial charge in [0.1, 0.15) is 17.2 Å². The molecule has 1 aromatic carbocycles. The van der Waals surface area contributed by atoms with E-state index in [4.69, 9.17) is 14.2 Å². The molecule has 0 saturated carbocycles. The van der Waals surface area contributed by atoms with Gasteiger partial charge in [0.2, 0.25) is 5.91 Å². The van der Waals surface area contributed by atoms with E-state index in [-0.39, 0.29) is 18.1 Å². The topological polar surface area (TPSA) is 108 Å². The molecule has 1 heterocycles. The molecule has 0 aliphatic carbocycles. The second-order valence-corrected chi connectivity index (χ2v) is 6.93. The standard InChI is InChI=1S/C20H25N3O6S/c1-5-29-19(26)16-12-30-20(23(16)10-6-9-21-13(2)24)22-18(25)15-8-7-14(27-3)11-17(15)28-4/h7-8,11-12H,5-6,9-10H2,1-4H3,(H,21,24).